The second-order valence-corrected chi connectivity index (χ2v) is 7.47. The highest BCUT2D eigenvalue weighted by atomic mass is 35.5. The van der Waals surface area contributed by atoms with E-state index in [1.807, 2.05) is 36.4 Å². The number of hydrogen-bond donors (Lipinski definition) is 1. The Morgan fingerprint density at radius 2 is 2.16 bits per heavy atom. The normalized spacial score (nSPS) is 18.8. The first-order valence-corrected chi connectivity index (χ1v) is 9.45. The van der Waals surface area contributed by atoms with Crippen LogP contribution in [0, 0.1) is 0 Å². The minimum atomic E-state index is -0.114. The summed E-state index contributed by atoms with van der Waals surface area (Å²) in [4.78, 5) is 19.0. The maximum absolute atomic E-state index is 12.4. The highest BCUT2D eigenvalue weighted by molar-refractivity contribution is 7.99. The van der Waals surface area contributed by atoms with Gasteiger partial charge in [-0.2, -0.15) is 0 Å². The van der Waals surface area contributed by atoms with Crippen LogP contribution in [0.4, 0.5) is 5.69 Å². The fourth-order valence-corrected chi connectivity index (χ4v) is 4.27. The molecule has 2 aliphatic rings. The summed E-state index contributed by atoms with van der Waals surface area (Å²) < 4.78 is 5.54. The van der Waals surface area contributed by atoms with Crippen LogP contribution in [0.5, 0.6) is 0 Å². The van der Waals surface area contributed by atoms with Crippen LogP contribution in [0.25, 0.3) is 0 Å². The lowest BCUT2D eigenvalue weighted by molar-refractivity contribution is 0.0858. The number of nitrogens with one attached hydrogen (secondary N) is 1. The molecule has 1 fully saturated rings. The average Bonchev–Trinajstić information content (AvgIpc) is 3.10. The zero-order chi connectivity index (χ0) is 17.2. The predicted octanol–water partition coefficient (Wildman–Crippen LogP) is 4.38. The number of benzene rings is 2. The Kier molecular flexibility index (Phi) is 4.79. The number of fused-ring (bicyclic) bond motifs is 2. The molecule has 1 N–H and O–H groups in total. The zero-order valence-electron chi connectivity index (χ0n) is 13.5. The van der Waals surface area contributed by atoms with Crippen molar-refractivity contribution < 1.29 is 9.53 Å². The summed E-state index contributed by atoms with van der Waals surface area (Å²) in [6, 6.07) is 13.4. The first kappa shape index (κ1) is 16.6. The van der Waals surface area contributed by atoms with Gasteiger partial charge < -0.3 is 10.1 Å². The van der Waals surface area contributed by atoms with Crippen molar-refractivity contribution in [3.05, 3.63) is 53.6 Å². The molecule has 1 atom stereocenters. The van der Waals surface area contributed by atoms with Crippen LogP contribution < -0.4 is 5.32 Å². The molecule has 1 amide bonds. The Bertz CT molecular complexity index is 847. The van der Waals surface area contributed by atoms with Crippen molar-refractivity contribution >= 4 is 40.1 Å². The Morgan fingerprint density at radius 3 is 3.00 bits per heavy atom. The fourth-order valence-electron chi connectivity index (χ4n) is 2.96. The standard InChI is InChI=1S/C19H17ClN2O2S/c20-18-14-5-1-2-6-16(14)25-17-8-7-12(10-15(17)22-18)19(23)21-11-13-4-3-9-24-13/h1-2,5-8,10,13H,3-4,9,11H2,(H,21,23). The van der Waals surface area contributed by atoms with Crippen molar-refractivity contribution in [3.63, 3.8) is 0 Å². The van der Waals surface area contributed by atoms with Gasteiger partial charge in [-0.25, -0.2) is 4.99 Å². The molecule has 0 spiro atoms. The third-order valence-electron chi connectivity index (χ3n) is 4.28. The molecule has 128 valence electrons. The summed E-state index contributed by atoms with van der Waals surface area (Å²) in [6.07, 6.45) is 2.19. The van der Waals surface area contributed by atoms with Gasteiger partial charge in [0.25, 0.3) is 5.91 Å². The minimum absolute atomic E-state index is 0.114. The fraction of sp³-hybridized carbons (Fsp3) is 0.263. The monoisotopic (exact) mass is 372 g/mol. The summed E-state index contributed by atoms with van der Waals surface area (Å²) in [5.74, 6) is -0.114. The van der Waals surface area contributed by atoms with Crippen molar-refractivity contribution in [2.24, 2.45) is 4.99 Å². The first-order chi connectivity index (χ1) is 12.2. The van der Waals surface area contributed by atoms with Gasteiger partial charge in [-0.1, -0.05) is 41.6 Å². The second-order valence-electron chi connectivity index (χ2n) is 6.03. The molecule has 25 heavy (non-hydrogen) atoms. The molecule has 0 bridgehead atoms. The van der Waals surface area contributed by atoms with Gasteiger partial charge in [0.15, 0.2) is 0 Å². The highest BCUT2D eigenvalue weighted by Gasteiger charge is 2.19. The quantitative estimate of drug-likeness (QED) is 0.869. The van der Waals surface area contributed by atoms with Crippen molar-refractivity contribution in [1.82, 2.24) is 5.32 Å². The average molecular weight is 373 g/mol. The van der Waals surface area contributed by atoms with Crippen LogP contribution in [-0.2, 0) is 4.74 Å². The van der Waals surface area contributed by atoms with Gasteiger partial charge in [0, 0.05) is 34.1 Å². The maximum atomic E-state index is 12.4. The number of halogens is 1. The van der Waals surface area contributed by atoms with Crippen LogP contribution in [0.2, 0.25) is 0 Å². The van der Waals surface area contributed by atoms with Crippen LogP contribution in [0.3, 0.4) is 0 Å². The van der Waals surface area contributed by atoms with E-state index in [2.05, 4.69) is 10.3 Å². The van der Waals surface area contributed by atoms with E-state index in [1.165, 1.54) is 0 Å². The van der Waals surface area contributed by atoms with Gasteiger partial charge in [-0.05, 0) is 37.1 Å². The molecule has 4 nitrogen and oxygen atoms in total. The molecule has 2 aromatic rings. The van der Waals surface area contributed by atoms with E-state index in [9.17, 15) is 4.79 Å². The highest BCUT2D eigenvalue weighted by Crippen LogP contribution is 2.41. The topological polar surface area (TPSA) is 50.7 Å². The van der Waals surface area contributed by atoms with Crippen LogP contribution >= 0.6 is 23.4 Å². The molecule has 0 saturated carbocycles. The number of amides is 1. The van der Waals surface area contributed by atoms with Crippen molar-refractivity contribution in [3.8, 4) is 0 Å². The molecular formula is C19H17ClN2O2S. The molecule has 0 aromatic heterocycles. The van der Waals surface area contributed by atoms with Gasteiger partial charge in [0.05, 0.1) is 11.8 Å². The van der Waals surface area contributed by atoms with Gasteiger partial charge in [0.1, 0.15) is 5.17 Å². The summed E-state index contributed by atoms with van der Waals surface area (Å²) >= 11 is 7.99. The molecule has 2 aliphatic heterocycles. The van der Waals surface area contributed by atoms with Gasteiger partial charge in [-0.3, -0.25) is 4.79 Å². The van der Waals surface area contributed by atoms with Crippen molar-refractivity contribution in [1.29, 1.82) is 0 Å². The molecule has 2 aromatic carbocycles. The van der Waals surface area contributed by atoms with E-state index in [0.29, 0.717) is 17.3 Å². The van der Waals surface area contributed by atoms with Crippen molar-refractivity contribution in [2.75, 3.05) is 13.2 Å². The van der Waals surface area contributed by atoms with Crippen LogP contribution in [0.15, 0.2) is 57.2 Å². The molecule has 2 heterocycles. The number of carbonyl (C=O) groups excluding carboxylic acids is 1. The summed E-state index contributed by atoms with van der Waals surface area (Å²) in [5.41, 5.74) is 2.21. The predicted molar refractivity (Wildman–Crippen MR) is 100 cm³/mol. The molecular weight excluding hydrogens is 356 g/mol. The molecule has 1 saturated heterocycles. The lowest BCUT2D eigenvalue weighted by Crippen LogP contribution is -2.31. The van der Waals surface area contributed by atoms with E-state index in [1.54, 1.807) is 17.8 Å². The zero-order valence-corrected chi connectivity index (χ0v) is 15.1. The van der Waals surface area contributed by atoms with E-state index in [0.717, 1.165) is 40.5 Å². The Hall–Kier alpha value is -1.82. The summed E-state index contributed by atoms with van der Waals surface area (Å²) in [6.45, 7) is 1.32. The maximum Gasteiger partial charge on any atom is 0.251 e. The van der Waals surface area contributed by atoms with Gasteiger partial charge in [-0.15, -0.1) is 0 Å². The van der Waals surface area contributed by atoms with Crippen LogP contribution in [-0.4, -0.2) is 30.3 Å². The van der Waals surface area contributed by atoms with Gasteiger partial charge >= 0.3 is 0 Å². The van der Waals surface area contributed by atoms with Crippen LogP contribution in [0.1, 0.15) is 28.8 Å². The van der Waals surface area contributed by atoms with Crippen molar-refractivity contribution in [2.45, 2.75) is 28.7 Å². The minimum Gasteiger partial charge on any atom is -0.376 e. The molecule has 6 heteroatoms. The third-order valence-corrected chi connectivity index (χ3v) is 5.71. The largest absolute Gasteiger partial charge is 0.376 e. The smallest absolute Gasteiger partial charge is 0.251 e. The summed E-state index contributed by atoms with van der Waals surface area (Å²) in [7, 11) is 0. The Balaban J connectivity index is 1.56. The lowest BCUT2D eigenvalue weighted by Gasteiger charge is -2.11. The number of rotatable bonds is 3. The molecule has 1 unspecified atom stereocenters. The van der Waals surface area contributed by atoms with Gasteiger partial charge in [0.2, 0.25) is 0 Å². The molecule has 4 rings (SSSR count). The SMILES string of the molecule is O=C(NCC1CCCO1)c1ccc2c(c1)N=C(Cl)c1ccccc1S2. The second kappa shape index (κ2) is 7.20. The number of carbonyl (C=O) groups is 1. The number of aliphatic imine (C=N–C) groups is 1. The lowest BCUT2D eigenvalue weighted by atomic mass is 10.1. The Morgan fingerprint density at radius 1 is 1.28 bits per heavy atom. The Labute approximate surface area is 155 Å². The van der Waals surface area contributed by atoms with E-state index in [4.69, 9.17) is 16.3 Å². The first-order valence-electron chi connectivity index (χ1n) is 8.26. The van der Waals surface area contributed by atoms with E-state index >= 15 is 0 Å². The molecule has 0 aliphatic carbocycles. The summed E-state index contributed by atoms with van der Waals surface area (Å²) in [5, 5.41) is 3.38. The third kappa shape index (κ3) is 3.59. The van der Waals surface area contributed by atoms with E-state index < -0.39 is 0 Å². The van der Waals surface area contributed by atoms with E-state index in [-0.39, 0.29) is 12.0 Å². The molecule has 0 radical (unpaired) electrons. The number of hydrogen-bond acceptors (Lipinski definition) is 4. The number of ether oxygens (including phenoxy) is 1. The number of nitrogens with zero attached hydrogens (tertiary/aromatic N) is 1.